The zero-order valence-electron chi connectivity index (χ0n) is 21.3. The quantitative estimate of drug-likeness (QED) is 0.434. The van der Waals surface area contributed by atoms with Gasteiger partial charge in [-0.05, 0) is 87.9 Å². The Labute approximate surface area is 215 Å². The second-order valence-corrected chi connectivity index (χ2v) is 11.3. The number of aliphatic hydroxyl groups is 1. The molecule has 3 aliphatic rings. The Hall–Kier alpha value is -3.04. The van der Waals surface area contributed by atoms with Gasteiger partial charge in [-0.25, -0.2) is 4.98 Å². The minimum atomic E-state index is -0.755. The van der Waals surface area contributed by atoms with Crippen LogP contribution in [-0.4, -0.2) is 61.9 Å². The number of pyridine rings is 1. The molecule has 0 bridgehead atoms. The first kappa shape index (κ1) is 24.3. The molecule has 6 rings (SSSR count). The number of benzene rings is 1. The van der Waals surface area contributed by atoms with Crippen LogP contribution >= 0.6 is 0 Å². The Kier molecular flexibility index (Phi) is 6.36. The number of aliphatic carboxylic acids is 1. The number of rotatable bonds is 6. The van der Waals surface area contributed by atoms with Gasteiger partial charge in [-0.15, -0.1) is 0 Å². The fourth-order valence-corrected chi connectivity index (χ4v) is 6.15. The van der Waals surface area contributed by atoms with Crippen molar-refractivity contribution in [1.82, 2.24) is 19.4 Å². The molecule has 9 heteroatoms. The first-order chi connectivity index (χ1) is 17.9. The molecule has 2 saturated carbocycles. The molecule has 0 spiro atoms. The molecule has 0 amide bonds. The second-order valence-electron chi connectivity index (χ2n) is 11.3. The number of carbonyl (C=O) groups is 1. The van der Waals surface area contributed by atoms with E-state index in [9.17, 15) is 19.8 Å². The predicted octanol–water partition coefficient (Wildman–Crippen LogP) is 3.71. The normalized spacial score (nSPS) is 27.0. The third kappa shape index (κ3) is 4.70. The molecule has 3 aromatic rings. The monoisotopic (exact) mass is 505 g/mol. The van der Waals surface area contributed by atoms with Crippen LogP contribution in [0.15, 0.2) is 29.2 Å². The summed E-state index contributed by atoms with van der Waals surface area (Å²) in [7, 11) is 2.02. The van der Waals surface area contributed by atoms with Crippen molar-refractivity contribution in [2.24, 2.45) is 11.8 Å². The number of piperidine rings is 1. The molecular weight excluding hydrogens is 470 g/mol. The Morgan fingerprint density at radius 1 is 1.08 bits per heavy atom. The van der Waals surface area contributed by atoms with Crippen LogP contribution in [-0.2, 0) is 4.79 Å². The fourth-order valence-electron chi connectivity index (χ4n) is 6.15. The van der Waals surface area contributed by atoms with Gasteiger partial charge in [0.15, 0.2) is 0 Å². The van der Waals surface area contributed by atoms with Crippen LogP contribution in [0.3, 0.4) is 0 Å². The molecule has 2 unspecified atom stereocenters. The number of hydrogen-bond acceptors (Lipinski definition) is 7. The third-order valence-corrected chi connectivity index (χ3v) is 8.66. The lowest BCUT2D eigenvalue weighted by Gasteiger charge is -2.36. The van der Waals surface area contributed by atoms with Crippen LogP contribution in [0.25, 0.3) is 21.8 Å². The molecule has 3 N–H and O–H groups in total. The van der Waals surface area contributed by atoms with E-state index in [1.807, 2.05) is 36.0 Å². The van der Waals surface area contributed by atoms with Crippen LogP contribution in [0.2, 0.25) is 0 Å². The molecule has 196 valence electrons. The minimum absolute atomic E-state index is 0.0358. The zero-order chi connectivity index (χ0) is 25.7. The van der Waals surface area contributed by atoms with Gasteiger partial charge in [0, 0.05) is 35.6 Å². The first-order valence-electron chi connectivity index (χ1n) is 13.6. The average Bonchev–Trinajstić information content (AvgIpc) is 3.73. The number of aliphatic hydroxyl groups excluding tert-OH is 1. The largest absolute Gasteiger partial charge is 0.481 e. The zero-order valence-corrected chi connectivity index (χ0v) is 21.3. The van der Waals surface area contributed by atoms with E-state index >= 15 is 0 Å². The molecular formula is C28H35N5O4. The number of aromatic nitrogens is 3. The van der Waals surface area contributed by atoms with Gasteiger partial charge in [0.05, 0.1) is 12.0 Å². The highest BCUT2D eigenvalue weighted by Crippen LogP contribution is 2.36. The summed E-state index contributed by atoms with van der Waals surface area (Å²) >= 11 is 0. The molecule has 9 nitrogen and oxygen atoms in total. The predicted molar refractivity (Wildman–Crippen MR) is 142 cm³/mol. The number of nitrogens with one attached hydrogen (secondary N) is 1. The van der Waals surface area contributed by atoms with E-state index in [-0.39, 0.29) is 29.7 Å². The fraction of sp³-hybridized carbons (Fsp3) is 0.571. The summed E-state index contributed by atoms with van der Waals surface area (Å²) in [5, 5.41) is 25.3. The molecule has 0 radical (unpaired) electrons. The number of nitrogens with zero attached hydrogens (tertiary/aromatic N) is 4. The van der Waals surface area contributed by atoms with Crippen molar-refractivity contribution in [2.45, 2.75) is 69.6 Å². The molecule has 2 aromatic heterocycles. The summed E-state index contributed by atoms with van der Waals surface area (Å²) in [5.41, 5.74) is 1.53. The summed E-state index contributed by atoms with van der Waals surface area (Å²) < 4.78 is 1.84. The Balaban J connectivity index is 1.47. The Bertz CT molecular complexity index is 1390. The minimum Gasteiger partial charge on any atom is -0.481 e. The van der Waals surface area contributed by atoms with Crippen molar-refractivity contribution >= 4 is 33.7 Å². The van der Waals surface area contributed by atoms with Crippen molar-refractivity contribution in [3.05, 3.63) is 40.3 Å². The SMILES string of the molecule is CN1CCC(C(=O)O)CC1c1ccc2c(c1)c(=O)n(C1CCC(O)CC1)c1nc(NCC3CC3)ncc21. The van der Waals surface area contributed by atoms with Gasteiger partial charge in [-0.3, -0.25) is 19.1 Å². The number of likely N-dealkylation sites (tertiary alicyclic amines) is 1. The van der Waals surface area contributed by atoms with Crippen LogP contribution in [0.5, 0.6) is 0 Å². The average molecular weight is 506 g/mol. The van der Waals surface area contributed by atoms with Gasteiger partial charge in [0.2, 0.25) is 5.95 Å². The maximum Gasteiger partial charge on any atom is 0.306 e. The topological polar surface area (TPSA) is 121 Å². The van der Waals surface area contributed by atoms with E-state index in [1.165, 1.54) is 12.8 Å². The van der Waals surface area contributed by atoms with Gasteiger partial charge in [0.1, 0.15) is 5.65 Å². The highest BCUT2D eigenvalue weighted by molar-refractivity contribution is 6.04. The van der Waals surface area contributed by atoms with Gasteiger partial charge >= 0.3 is 5.97 Å². The lowest BCUT2D eigenvalue weighted by atomic mass is 9.87. The molecule has 3 fully saturated rings. The number of hydrogen-bond donors (Lipinski definition) is 3. The maximum atomic E-state index is 14.1. The second kappa shape index (κ2) is 9.68. The standard InChI is InChI=1S/C28H35N5O4/c1-32-11-10-18(27(36)37)13-24(32)17-4-9-21-22(12-17)26(35)33(19-5-7-20(34)8-6-19)25-23(21)15-30-28(31-25)29-14-16-2-3-16/h4,9,12,15-16,18-20,24,34H,2-3,5-8,10-11,13-14H2,1H3,(H,36,37)(H,29,30,31). The van der Waals surface area contributed by atoms with Crippen LogP contribution in [0, 0.1) is 11.8 Å². The Morgan fingerprint density at radius 2 is 1.86 bits per heavy atom. The third-order valence-electron chi connectivity index (χ3n) is 8.66. The van der Waals surface area contributed by atoms with Crippen molar-refractivity contribution in [3.8, 4) is 0 Å². The highest BCUT2D eigenvalue weighted by atomic mass is 16.4. The van der Waals surface area contributed by atoms with Crippen LogP contribution < -0.4 is 10.9 Å². The van der Waals surface area contributed by atoms with Crippen molar-refractivity contribution in [2.75, 3.05) is 25.5 Å². The van der Waals surface area contributed by atoms with Gasteiger partial charge in [-0.2, -0.15) is 4.98 Å². The lowest BCUT2D eigenvalue weighted by molar-refractivity contribution is -0.144. The molecule has 2 aliphatic carbocycles. The van der Waals surface area contributed by atoms with Crippen molar-refractivity contribution < 1.29 is 15.0 Å². The van der Waals surface area contributed by atoms with Crippen molar-refractivity contribution in [1.29, 1.82) is 0 Å². The summed E-state index contributed by atoms with van der Waals surface area (Å²) in [6.07, 6.45) is 7.89. The number of carboxylic acids is 1. The molecule has 1 aliphatic heterocycles. The lowest BCUT2D eigenvalue weighted by Crippen LogP contribution is -2.36. The molecule has 1 aromatic carbocycles. The van der Waals surface area contributed by atoms with E-state index in [0.29, 0.717) is 55.1 Å². The van der Waals surface area contributed by atoms with E-state index < -0.39 is 5.97 Å². The van der Waals surface area contributed by atoms with Crippen LogP contribution in [0.4, 0.5) is 5.95 Å². The number of fused-ring (bicyclic) bond motifs is 3. The van der Waals surface area contributed by atoms with E-state index in [4.69, 9.17) is 4.98 Å². The molecule has 2 atom stereocenters. The maximum absolute atomic E-state index is 14.1. The Morgan fingerprint density at radius 3 is 2.59 bits per heavy atom. The smallest absolute Gasteiger partial charge is 0.306 e. The van der Waals surface area contributed by atoms with Gasteiger partial charge in [0.25, 0.3) is 5.56 Å². The van der Waals surface area contributed by atoms with Crippen LogP contribution in [0.1, 0.15) is 69.0 Å². The van der Waals surface area contributed by atoms with Gasteiger partial charge in [-0.1, -0.05) is 12.1 Å². The van der Waals surface area contributed by atoms with E-state index in [0.717, 1.165) is 35.7 Å². The first-order valence-corrected chi connectivity index (χ1v) is 13.6. The summed E-state index contributed by atoms with van der Waals surface area (Å²) in [6, 6.07) is 5.86. The summed E-state index contributed by atoms with van der Waals surface area (Å²) in [5.74, 6) is 0.0849. The summed E-state index contributed by atoms with van der Waals surface area (Å²) in [4.78, 5) is 37.4. The number of carboxylic acid groups (broad SMARTS) is 1. The van der Waals surface area contributed by atoms with E-state index in [1.54, 1.807) is 0 Å². The van der Waals surface area contributed by atoms with E-state index in [2.05, 4.69) is 15.2 Å². The number of anilines is 1. The highest BCUT2D eigenvalue weighted by Gasteiger charge is 2.32. The molecule has 3 heterocycles. The van der Waals surface area contributed by atoms with Crippen molar-refractivity contribution in [3.63, 3.8) is 0 Å². The summed E-state index contributed by atoms with van der Waals surface area (Å²) in [6.45, 7) is 1.55. The van der Waals surface area contributed by atoms with Gasteiger partial charge < -0.3 is 15.5 Å². The molecule has 1 saturated heterocycles. The molecule has 37 heavy (non-hydrogen) atoms.